The number of hydrogen-bond acceptors (Lipinski definition) is 0. The molecule has 0 rings (SSSR count). The number of halogens is 1. The topological polar surface area (TPSA) is 0 Å². The second kappa shape index (κ2) is 2.28. The summed E-state index contributed by atoms with van der Waals surface area (Å²) >= 11 is 4.58. The fourth-order valence-electron chi connectivity index (χ4n) is 0. The second-order valence-electron chi connectivity index (χ2n) is 1.10. The summed E-state index contributed by atoms with van der Waals surface area (Å²) in [4.78, 5) is 0. The quantitative estimate of drug-likeness (QED) is 0.332. The maximum atomic E-state index is 4.58. The lowest BCUT2D eigenvalue weighted by atomic mass is 10.4. The first-order valence-corrected chi connectivity index (χ1v) is 2.07. The zero-order valence-electron chi connectivity index (χ0n) is 3.32. The Morgan fingerprint density at radius 3 is 2.20 bits per heavy atom. The van der Waals surface area contributed by atoms with Crippen molar-refractivity contribution in [2.75, 3.05) is 5.88 Å². The monoisotopic (exact) mass is 91.0 g/mol. The van der Waals surface area contributed by atoms with Gasteiger partial charge in [0.25, 0.3) is 0 Å². The Balaban J connectivity index is 2.85. The van der Waals surface area contributed by atoms with Crippen molar-refractivity contribution in [2.45, 2.75) is 6.92 Å². The molecule has 0 aromatic rings. The molecule has 0 aromatic carbocycles. The molecule has 0 spiro atoms. The molecule has 0 atom stereocenters. The average Bonchev–Trinajstić information content (AvgIpc) is 1.38. The third-order valence-corrected chi connectivity index (χ3v) is 0.739. The van der Waals surface area contributed by atoms with E-state index in [1.807, 2.05) is 6.92 Å². The van der Waals surface area contributed by atoms with Crippen LogP contribution in [0.25, 0.3) is 0 Å². The fourth-order valence-corrected chi connectivity index (χ4v) is 0. The highest BCUT2D eigenvalue weighted by molar-refractivity contribution is 4.85. The summed E-state index contributed by atoms with van der Waals surface area (Å²) in [6.07, 6.45) is 0. The molecular weight excluding hydrogens is 83.5 g/mol. The minimum atomic E-state index is 0.694. The maximum absolute atomic E-state index is 4.58. The standard InChI is InChI=1S/C4H8Cl/c1-4(2)3-5/h5H,1,3H2,2H3/q+1. The van der Waals surface area contributed by atoms with Gasteiger partial charge < -0.3 is 0 Å². The molecule has 1 heteroatoms. The van der Waals surface area contributed by atoms with Crippen molar-refractivity contribution < 1.29 is 11.6 Å². The predicted octanol–water partition coefficient (Wildman–Crippen LogP) is 0.844. The van der Waals surface area contributed by atoms with Crippen LogP contribution in [0.3, 0.4) is 0 Å². The highest BCUT2D eigenvalue weighted by atomic mass is 35.5. The Hall–Kier alpha value is 0.0300. The Morgan fingerprint density at radius 1 is 2.00 bits per heavy atom. The Bertz CT molecular complexity index is 38.9. The van der Waals surface area contributed by atoms with E-state index in [-0.39, 0.29) is 0 Å². The molecule has 0 bridgehead atoms. The van der Waals surface area contributed by atoms with Gasteiger partial charge in [-0.1, -0.05) is 6.58 Å². The first-order chi connectivity index (χ1) is 2.27. The van der Waals surface area contributed by atoms with Gasteiger partial charge in [0.2, 0.25) is 0 Å². The molecule has 0 saturated carbocycles. The fraction of sp³-hybridized carbons (Fsp3) is 0.500. The molecule has 5 heavy (non-hydrogen) atoms. The van der Waals surface area contributed by atoms with Gasteiger partial charge in [-0.3, -0.25) is 0 Å². The van der Waals surface area contributed by atoms with Crippen LogP contribution >= 0.6 is 0 Å². The van der Waals surface area contributed by atoms with E-state index in [0.717, 1.165) is 5.57 Å². The average molecular weight is 91.6 g/mol. The van der Waals surface area contributed by atoms with E-state index in [0.29, 0.717) is 5.88 Å². The van der Waals surface area contributed by atoms with E-state index in [4.69, 9.17) is 0 Å². The predicted molar refractivity (Wildman–Crippen MR) is 21.1 cm³/mol. The van der Waals surface area contributed by atoms with Crippen molar-refractivity contribution in [3.8, 4) is 0 Å². The van der Waals surface area contributed by atoms with Crippen molar-refractivity contribution in [3.05, 3.63) is 12.2 Å². The number of allylic oxidation sites excluding steroid dienone is 1. The van der Waals surface area contributed by atoms with E-state index < -0.39 is 0 Å². The minimum absolute atomic E-state index is 0.694. The molecule has 0 unspecified atom stereocenters. The van der Waals surface area contributed by atoms with Crippen LogP contribution in [-0.4, -0.2) is 5.88 Å². The lowest BCUT2D eigenvalue weighted by Gasteiger charge is -1.69. The SMILES string of the molecule is C=C(C)C[ClH+]. The molecule has 0 saturated heterocycles. The first kappa shape index (κ1) is 5.03. The van der Waals surface area contributed by atoms with Crippen molar-refractivity contribution in [3.63, 3.8) is 0 Å². The molecule has 0 aromatic heterocycles. The summed E-state index contributed by atoms with van der Waals surface area (Å²) in [5.41, 5.74) is 1.07. The number of alkyl halides is 1. The molecule has 0 nitrogen and oxygen atoms in total. The van der Waals surface area contributed by atoms with Gasteiger partial charge in [-0.2, -0.15) is 0 Å². The van der Waals surface area contributed by atoms with Crippen LogP contribution in [-0.2, 0) is 0 Å². The zero-order chi connectivity index (χ0) is 4.28. The van der Waals surface area contributed by atoms with Crippen LogP contribution in [0, 0.1) is 11.6 Å². The van der Waals surface area contributed by atoms with Crippen molar-refractivity contribution in [1.82, 2.24) is 0 Å². The normalized spacial score (nSPS) is 7.60. The summed E-state index contributed by atoms with van der Waals surface area (Å²) in [7, 11) is 0. The van der Waals surface area contributed by atoms with E-state index >= 15 is 0 Å². The zero-order valence-corrected chi connectivity index (χ0v) is 4.14. The van der Waals surface area contributed by atoms with Crippen molar-refractivity contribution >= 4 is 0 Å². The number of hydrogen-bond donors (Lipinski definition) is 0. The van der Waals surface area contributed by atoms with Crippen LogP contribution in [0.4, 0.5) is 0 Å². The molecule has 0 fully saturated rings. The Labute approximate surface area is 37.4 Å². The molecule has 0 aliphatic heterocycles. The van der Waals surface area contributed by atoms with Crippen LogP contribution in [0.15, 0.2) is 12.2 Å². The summed E-state index contributed by atoms with van der Waals surface area (Å²) in [5, 5.41) is 0. The van der Waals surface area contributed by atoms with Gasteiger partial charge in [-0.15, -0.1) is 0 Å². The van der Waals surface area contributed by atoms with Crippen molar-refractivity contribution in [1.29, 1.82) is 0 Å². The van der Waals surface area contributed by atoms with Gasteiger partial charge in [0, 0.05) is 0 Å². The smallest absolute Gasteiger partial charge is 0.0948 e. The third-order valence-electron chi connectivity index (χ3n) is 0.246. The van der Waals surface area contributed by atoms with E-state index in [2.05, 4.69) is 18.2 Å². The maximum Gasteiger partial charge on any atom is 0.190 e. The molecule has 0 aliphatic carbocycles. The number of rotatable bonds is 1. The summed E-state index contributed by atoms with van der Waals surface area (Å²) in [5.74, 6) is 0.694. The van der Waals surface area contributed by atoms with E-state index in [9.17, 15) is 0 Å². The molecular formula is C4H8Cl+. The molecule has 0 amide bonds. The molecule has 30 valence electrons. The van der Waals surface area contributed by atoms with E-state index in [1.54, 1.807) is 0 Å². The molecule has 0 aliphatic rings. The Kier molecular flexibility index (Phi) is 2.29. The summed E-state index contributed by atoms with van der Waals surface area (Å²) < 4.78 is 0. The van der Waals surface area contributed by atoms with Crippen LogP contribution < -0.4 is 0 Å². The largest absolute Gasteiger partial charge is 0.190 e. The summed E-state index contributed by atoms with van der Waals surface area (Å²) in [6.45, 7) is 5.49. The van der Waals surface area contributed by atoms with Crippen molar-refractivity contribution in [2.24, 2.45) is 0 Å². The van der Waals surface area contributed by atoms with Crippen LogP contribution in [0.1, 0.15) is 6.92 Å². The Morgan fingerprint density at radius 2 is 2.20 bits per heavy atom. The van der Waals surface area contributed by atoms with Gasteiger partial charge >= 0.3 is 0 Å². The van der Waals surface area contributed by atoms with Gasteiger partial charge in [0.15, 0.2) is 5.88 Å². The highest BCUT2D eigenvalue weighted by Crippen LogP contribution is 1.78. The molecule has 0 radical (unpaired) electrons. The lowest BCUT2D eigenvalue weighted by Crippen LogP contribution is -1.72. The van der Waals surface area contributed by atoms with Gasteiger partial charge in [-0.05, 0) is 12.5 Å². The minimum Gasteiger partial charge on any atom is -0.0948 e. The third kappa shape index (κ3) is 4.03. The van der Waals surface area contributed by atoms with E-state index in [1.165, 1.54) is 0 Å². The van der Waals surface area contributed by atoms with Crippen LogP contribution in [0.2, 0.25) is 0 Å². The molecule has 0 N–H and O–H groups in total. The highest BCUT2D eigenvalue weighted by Gasteiger charge is 1.79. The van der Waals surface area contributed by atoms with Gasteiger partial charge in [-0.25, -0.2) is 0 Å². The van der Waals surface area contributed by atoms with Gasteiger partial charge in [0.1, 0.15) is 11.6 Å². The van der Waals surface area contributed by atoms with Crippen LogP contribution in [0.5, 0.6) is 0 Å². The first-order valence-electron chi connectivity index (χ1n) is 1.50. The lowest BCUT2D eigenvalue weighted by molar-refractivity contribution is -0.355. The molecule has 0 heterocycles. The van der Waals surface area contributed by atoms with Gasteiger partial charge in [0.05, 0.1) is 0 Å². The second-order valence-corrected chi connectivity index (χ2v) is 1.39. The summed E-state index contributed by atoms with van der Waals surface area (Å²) in [6, 6.07) is 0.